The maximum Gasteiger partial charge on any atom is 0.573 e. The normalized spacial score (nSPS) is 16.9. The van der Waals surface area contributed by atoms with Gasteiger partial charge in [-0.1, -0.05) is 12.1 Å². The highest BCUT2D eigenvalue weighted by Gasteiger charge is 2.31. The fourth-order valence-electron chi connectivity index (χ4n) is 2.40. The summed E-state index contributed by atoms with van der Waals surface area (Å²) in [7, 11) is 0. The fraction of sp³-hybridized carbons (Fsp3) is 0.333. The molecule has 3 rings (SSSR count). The first-order chi connectivity index (χ1) is 11.4. The lowest BCUT2D eigenvalue weighted by Crippen LogP contribution is -2.45. The van der Waals surface area contributed by atoms with Crippen LogP contribution >= 0.6 is 0 Å². The van der Waals surface area contributed by atoms with Crippen molar-refractivity contribution in [3.8, 4) is 11.8 Å². The number of fused-ring (bicyclic) bond motifs is 1. The summed E-state index contributed by atoms with van der Waals surface area (Å²) in [6.45, 7) is 0.876. The Labute approximate surface area is 135 Å². The van der Waals surface area contributed by atoms with Crippen molar-refractivity contribution in [3.05, 3.63) is 42.2 Å². The number of amides is 1. The first-order valence-corrected chi connectivity index (χ1v) is 7.17. The van der Waals surface area contributed by atoms with Gasteiger partial charge in [0.15, 0.2) is 0 Å². The van der Waals surface area contributed by atoms with E-state index in [9.17, 15) is 18.0 Å². The highest BCUT2D eigenvalue weighted by Crippen LogP contribution is 2.22. The fourth-order valence-corrected chi connectivity index (χ4v) is 2.40. The van der Waals surface area contributed by atoms with Gasteiger partial charge in [-0.2, -0.15) is 0 Å². The number of ether oxygens (including phenoxy) is 2. The Balaban J connectivity index is 1.52. The Morgan fingerprint density at radius 1 is 1.38 bits per heavy atom. The molecule has 1 N–H and O–H groups in total. The van der Waals surface area contributed by atoms with Crippen molar-refractivity contribution < 1.29 is 27.4 Å². The number of nitrogens with zero attached hydrogens (tertiary/aromatic N) is 2. The molecule has 1 amide bonds. The highest BCUT2D eigenvalue weighted by atomic mass is 19.4. The highest BCUT2D eigenvalue weighted by molar-refractivity contribution is 5.78. The molecular formula is C15H14F3N3O3. The summed E-state index contributed by atoms with van der Waals surface area (Å²) in [6, 6.07) is 5.53. The number of hydrogen-bond acceptors (Lipinski definition) is 4. The van der Waals surface area contributed by atoms with Crippen LogP contribution < -0.4 is 14.8 Å². The number of hydrogen-bond donors (Lipinski definition) is 1. The predicted molar refractivity (Wildman–Crippen MR) is 76.5 cm³/mol. The number of aromatic nitrogens is 2. The summed E-state index contributed by atoms with van der Waals surface area (Å²) in [6.07, 6.45) is -1.30. The predicted octanol–water partition coefficient (Wildman–Crippen LogP) is 1.90. The van der Waals surface area contributed by atoms with E-state index in [1.165, 1.54) is 24.3 Å². The second kappa shape index (κ2) is 6.42. The van der Waals surface area contributed by atoms with Gasteiger partial charge in [0, 0.05) is 12.4 Å². The molecule has 1 atom stereocenters. The largest absolute Gasteiger partial charge is 0.573 e. The zero-order chi connectivity index (χ0) is 17.2. The molecular weight excluding hydrogens is 327 g/mol. The SMILES string of the molecule is O=C(Cc1ccc(OC(F)(F)F)cc1)NC1COc2nccn2C1. The third-order valence-corrected chi connectivity index (χ3v) is 3.39. The minimum atomic E-state index is -4.73. The number of alkyl halides is 3. The van der Waals surface area contributed by atoms with Crippen LogP contribution in [0.1, 0.15) is 5.56 Å². The summed E-state index contributed by atoms with van der Waals surface area (Å²) in [5.74, 6) is -0.559. The van der Waals surface area contributed by atoms with Crippen LogP contribution in [-0.2, 0) is 17.8 Å². The third-order valence-electron chi connectivity index (χ3n) is 3.39. The monoisotopic (exact) mass is 341 g/mol. The molecule has 24 heavy (non-hydrogen) atoms. The number of nitrogens with one attached hydrogen (secondary N) is 1. The van der Waals surface area contributed by atoms with Crippen LogP contribution in [0.15, 0.2) is 36.7 Å². The van der Waals surface area contributed by atoms with Crippen molar-refractivity contribution in [2.24, 2.45) is 0 Å². The van der Waals surface area contributed by atoms with Gasteiger partial charge in [-0.3, -0.25) is 9.36 Å². The van der Waals surface area contributed by atoms with Gasteiger partial charge >= 0.3 is 6.36 Å². The van der Waals surface area contributed by atoms with Gasteiger partial charge < -0.3 is 14.8 Å². The molecule has 9 heteroatoms. The molecule has 2 heterocycles. The van der Waals surface area contributed by atoms with E-state index < -0.39 is 6.36 Å². The summed E-state index contributed by atoms with van der Waals surface area (Å²) >= 11 is 0. The van der Waals surface area contributed by atoms with Crippen molar-refractivity contribution in [1.82, 2.24) is 14.9 Å². The lowest BCUT2D eigenvalue weighted by atomic mass is 10.1. The molecule has 6 nitrogen and oxygen atoms in total. The van der Waals surface area contributed by atoms with E-state index in [0.29, 0.717) is 24.7 Å². The topological polar surface area (TPSA) is 65.4 Å². The zero-order valence-electron chi connectivity index (χ0n) is 12.4. The molecule has 0 aliphatic carbocycles. The van der Waals surface area contributed by atoms with Gasteiger partial charge in [-0.05, 0) is 17.7 Å². The first-order valence-electron chi connectivity index (χ1n) is 7.17. The molecule has 1 aliphatic rings. The quantitative estimate of drug-likeness (QED) is 0.923. The van der Waals surface area contributed by atoms with Gasteiger partial charge in [0.2, 0.25) is 5.91 Å². The Kier molecular flexibility index (Phi) is 4.32. The van der Waals surface area contributed by atoms with Gasteiger partial charge in [0.25, 0.3) is 6.01 Å². The van der Waals surface area contributed by atoms with Crippen LogP contribution in [0.4, 0.5) is 13.2 Å². The summed E-state index contributed by atoms with van der Waals surface area (Å²) in [5, 5.41) is 2.83. The van der Waals surface area contributed by atoms with Crippen LogP contribution in [0, 0.1) is 0 Å². The maximum absolute atomic E-state index is 12.1. The number of benzene rings is 1. The summed E-state index contributed by atoms with van der Waals surface area (Å²) in [4.78, 5) is 16.0. The Morgan fingerprint density at radius 2 is 2.12 bits per heavy atom. The van der Waals surface area contributed by atoms with E-state index in [2.05, 4.69) is 15.0 Å². The number of halogens is 3. The van der Waals surface area contributed by atoms with Crippen molar-refractivity contribution in [1.29, 1.82) is 0 Å². The summed E-state index contributed by atoms with van der Waals surface area (Å²) in [5.41, 5.74) is 0.585. The molecule has 0 saturated heterocycles. The van der Waals surface area contributed by atoms with E-state index in [0.717, 1.165) is 0 Å². The lowest BCUT2D eigenvalue weighted by molar-refractivity contribution is -0.274. The van der Waals surface area contributed by atoms with Crippen LogP contribution in [0.3, 0.4) is 0 Å². The minimum Gasteiger partial charge on any atom is -0.462 e. The summed E-state index contributed by atoms with van der Waals surface area (Å²) < 4.78 is 47.2. The van der Waals surface area contributed by atoms with Gasteiger partial charge in [-0.15, -0.1) is 13.2 Å². The molecule has 1 aliphatic heterocycles. The second-order valence-corrected chi connectivity index (χ2v) is 5.31. The Morgan fingerprint density at radius 3 is 2.83 bits per heavy atom. The minimum absolute atomic E-state index is 0.0551. The maximum atomic E-state index is 12.1. The van der Waals surface area contributed by atoms with E-state index in [4.69, 9.17) is 4.74 Å². The lowest BCUT2D eigenvalue weighted by Gasteiger charge is -2.24. The van der Waals surface area contributed by atoms with E-state index >= 15 is 0 Å². The van der Waals surface area contributed by atoms with Crippen LogP contribution in [0.2, 0.25) is 0 Å². The van der Waals surface area contributed by atoms with Crippen LogP contribution in [0.25, 0.3) is 0 Å². The molecule has 1 aromatic carbocycles. The van der Waals surface area contributed by atoms with Crippen molar-refractivity contribution >= 4 is 5.91 Å². The smallest absolute Gasteiger partial charge is 0.462 e. The molecule has 1 unspecified atom stereocenters. The van der Waals surface area contributed by atoms with E-state index in [-0.39, 0.29) is 24.1 Å². The number of rotatable bonds is 4. The standard InChI is InChI=1S/C15H14F3N3O3/c16-15(17,18)24-12-3-1-10(2-4-12)7-13(22)20-11-8-21-6-5-19-14(21)23-9-11/h1-6,11H,7-9H2,(H,20,22). The van der Waals surface area contributed by atoms with Crippen molar-refractivity contribution in [2.45, 2.75) is 25.4 Å². The number of carbonyl (C=O) groups is 1. The molecule has 0 radical (unpaired) electrons. The first kappa shape index (κ1) is 16.2. The van der Waals surface area contributed by atoms with Crippen molar-refractivity contribution in [2.75, 3.05) is 6.61 Å². The average molecular weight is 341 g/mol. The van der Waals surface area contributed by atoms with Crippen LogP contribution in [-0.4, -0.2) is 34.5 Å². The van der Waals surface area contributed by atoms with E-state index in [1.54, 1.807) is 17.0 Å². The third kappa shape index (κ3) is 4.18. The van der Waals surface area contributed by atoms with Crippen LogP contribution in [0.5, 0.6) is 11.8 Å². The average Bonchev–Trinajstić information content (AvgIpc) is 2.95. The second-order valence-electron chi connectivity index (χ2n) is 5.31. The molecule has 2 aromatic rings. The molecule has 0 spiro atoms. The van der Waals surface area contributed by atoms with Gasteiger partial charge in [0.1, 0.15) is 12.4 Å². The van der Waals surface area contributed by atoms with E-state index in [1.807, 2.05) is 0 Å². The molecule has 128 valence electrons. The number of imidazole rings is 1. The van der Waals surface area contributed by atoms with Gasteiger partial charge in [-0.25, -0.2) is 4.98 Å². The Bertz CT molecular complexity index is 713. The molecule has 0 saturated carbocycles. The molecule has 0 bridgehead atoms. The number of carbonyl (C=O) groups excluding carboxylic acids is 1. The Hall–Kier alpha value is -2.71. The molecule has 1 aromatic heterocycles. The molecule has 0 fully saturated rings. The van der Waals surface area contributed by atoms with Crippen molar-refractivity contribution in [3.63, 3.8) is 0 Å². The zero-order valence-corrected chi connectivity index (χ0v) is 12.4. The van der Waals surface area contributed by atoms with Gasteiger partial charge in [0.05, 0.1) is 19.0 Å².